The van der Waals surface area contributed by atoms with E-state index in [4.69, 9.17) is 10.5 Å². The van der Waals surface area contributed by atoms with E-state index in [1.165, 1.54) is 0 Å². The number of allylic oxidation sites excluding steroid dienone is 1. The van der Waals surface area contributed by atoms with Crippen LogP contribution in [0.1, 0.15) is 32.3 Å². The Kier molecular flexibility index (Phi) is 5.27. The second kappa shape index (κ2) is 6.74. The molecule has 92 valence electrons. The molecule has 0 radical (unpaired) electrons. The van der Waals surface area contributed by atoms with Gasteiger partial charge in [0.05, 0.1) is 0 Å². The first-order valence-electron chi connectivity index (χ1n) is 5.86. The molecule has 0 spiro atoms. The molecule has 2 N–H and O–H groups in total. The molecule has 0 aliphatic heterocycles. The summed E-state index contributed by atoms with van der Waals surface area (Å²) in [6, 6.07) is 7.61. The van der Waals surface area contributed by atoms with Crippen LogP contribution < -0.4 is 10.5 Å². The normalized spacial score (nSPS) is 12.6. The summed E-state index contributed by atoms with van der Waals surface area (Å²) >= 11 is 0. The molecule has 0 saturated heterocycles. The summed E-state index contributed by atoms with van der Waals surface area (Å²) in [4.78, 5) is 11.0. The average molecular weight is 233 g/mol. The summed E-state index contributed by atoms with van der Waals surface area (Å²) in [5.74, 6) is 0.225. The third kappa shape index (κ3) is 4.31. The van der Waals surface area contributed by atoms with Crippen LogP contribution in [0.2, 0.25) is 0 Å². The van der Waals surface area contributed by atoms with Crippen LogP contribution in [0.5, 0.6) is 5.75 Å². The topological polar surface area (TPSA) is 52.3 Å². The minimum Gasteiger partial charge on any atom is -0.480 e. The number of nitrogens with two attached hydrogens (primary N) is 1. The van der Waals surface area contributed by atoms with Crippen LogP contribution in [0.3, 0.4) is 0 Å². The van der Waals surface area contributed by atoms with E-state index in [-0.39, 0.29) is 0 Å². The maximum atomic E-state index is 11.0. The Labute approximate surface area is 102 Å². The van der Waals surface area contributed by atoms with Crippen LogP contribution in [-0.4, -0.2) is 12.0 Å². The van der Waals surface area contributed by atoms with Crippen molar-refractivity contribution in [3.05, 3.63) is 35.9 Å². The lowest BCUT2D eigenvalue weighted by Crippen LogP contribution is -2.30. The highest BCUT2D eigenvalue weighted by Crippen LogP contribution is 2.21. The van der Waals surface area contributed by atoms with Gasteiger partial charge in [0.15, 0.2) is 6.10 Å². The second-order valence-corrected chi connectivity index (χ2v) is 3.89. The molecule has 0 fully saturated rings. The summed E-state index contributed by atoms with van der Waals surface area (Å²) in [5, 5.41) is 0. The molecule has 1 rings (SSSR count). The maximum absolute atomic E-state index is 11.0. The van der Waals surface area contributed by atoms with E-state index in [1.807, 2.05) is 30.3 Å². The molecule has 17 heavy (non-hydrogen) atoms. The number of amides is 1. The highest BCUT2D eigenvalue weighted by atomic mass is 16.5. The Morgan fingerprint density at radius 1 is 1.47 bits per heavy atom. The van der Waals surface area contributed by atoms with Crippen LogP contribution in [-0.2, 0) is 4.79 Å². The van der Waals surface area contributed by atoms with E-state index >= 15 is 0 Å². The van der Waals surface area contributed by atoms with Gasteiger partial charge in [-0.1, -0.05) is 43.7 Å². The zero-order chi connectivity index (χ0) is 12.7. The zero-order valence-corrected chi connectivity index (χ0v) is 10.3. The van der Waals surface area contributed by atoms with Gasteiger partial charge in [-0.3, -0.25) is 4.79 Å². The number of benzene rings is 1. The third-order valence-electron chi connectivity index (χ3n) is 2.38. The van der Waals surface area contributed by atoms with Crippen molar-refractivity contribution in [1.29, 1.82) is 0 Å². The molecule has 0 unspecified atom stereocenters. The van der Waals surface area contributed by atoms with Crippen LogP contribution in [0.15, 0.2) is 30.3 Å². The molecule has 1 aromatic rings. The zero-order valence-electron chi connectivity index (χ0n) is 10.3. The maximum Gasteiger partial charge on any atom is 0.258 e. The fraction of sp³-hybridized carbons (Fsp3) is 0.357. The van der Waals surface area contributed by atoms with Gasteiger partial charge in [0, 0.05) is 5.56 Å². The van der Waals surface area contributed by atoms with Gasteiger partial charge >= 0.3 is 0 Å². The Morgan fingerprint density at radius 3 is 2.82 bits per heavy atom. The van der Waals surface area contributed by atoms with Gasteiger partial charge in [-0.05, 0) is 19.4 Å². The van der Waals surface area contributed by atoms with Crippen molar-refractivity contribution >= 4 is 12.0 Å². The number of primary amides is 1. The number of hydrogen-bond acceptors (Lipinski definition) is 2. The summed E-state index contributed by atoms with van der Waals surface area (Å²) < 4.78 is 5.51. The fourth-order valence-corrected chi connectivity index (χ4v) is 1.35. The molecule has 0 bridgehead atoms. The minimum absolute atomic E-state index is 0.461. The molecule has 1 aromatic carbocycles. The lowest BCUT2D eigenvalue weighted by molar-refractivity contribution is -0.123. The standard InChI is InChI=1S/C14H19NO2/c1-3-4-5-8-12-9-6-7-10-13(12)17-11(2)14(15)16/h5-11H,3-4H2,1-2H3,(H2,15,16)/b8-5+/t11-/m0/s1. The first-order valence-corrected chi connectivity index (χ1v) is 5.86. The Balaban J connectivity index is 2.80. The highest BCUT2D eigenvalue weighted by Gasteiger charge is 2.11. The van der Waals surface area contributed by atoms with Gasteiger partial charge in [0.25, 0.3) is 5.91 Å². The van der Waals surface area contributed by atoms with Gasteiger partial charge in [0.2, 0.25) is 0 Å². The molecule has 1 amide bonds. The first-order chi connectivity index (χ1) is 8.15. The number of unbranched alkanes of at least 4 members (excludes halogenated alkanes) is 1. The predicted octanol–water partition coefficient (Wildman–Crippen LogP) is 2.75. The van der Waals surface area contributed by atoms with Gasteiger partial charge in [-0.15, -0.1) is 0 Å². The summed E-state index contributed by atoms with van der Waals surface area (Å²) in [7, 11) is 0. The molecular formula is C14H19NO2. The predicted molar refractivity (Wildman–Crippen MR) is 69.7 cm³/mol. The van der Waals surface area contributed by atoms with Crippen molar-refractivity contribution in [2.24, 2.45) is 5.73 Å². The van der Waals surface area contributed by atoms with E-state index in [1.54, 1.807) is 6.92 Å². The van der Waals surface area contributed by atoms with Crippen LogP contribution >= 0.6 is 0 Å². The van der Waals surface area contributed by atoms with Gasteiger partial charge < -0.3 is 10.5 Å². The molecule has 0 aromatic heterocycles. The Morgan fingerprint density at radius 2 is 2.18 bits per heavy atom. The van der Waals surface area contributed by atoms with Crippen molar-refractivity contribution in [3.63, 3.8) is 0 Å². The molecule has 0 aliphatic carbocycles. The first kappa shape index (κ1) is 13.3. The molecule has 0 heterocycles. The summed E-state index contributed by atoms with van der Waals surface area (Å²) in [6.07, 6.45) is 5.62. The van der Waals surface area contributed by atoms with E-state index in [9.17, 15) is 4.79 Å². The number of carbonyl (C=O) groups excluding carboxylic acids is 1. The van der Waals surface area contributed by atoms with Crippen molar-refractivity contribution in [2.45, 2.75) is 32.8 Å². The number of ether oxygens (including phenoxy) is 1. The van der Waals surface area contributed by atoms with Gasteiger partial charge in [-0.2, -0.15) is 0 Å². The summed E-state index contributed by atoms with van der Waals surface area (Å²) in [5.41, 5.74) is 6.14. The number of hydrogen-bond donors (Lipinski definition) is 1. The number of carbonyl (C=O) groups is 1. The monoisotopic (exact) mass is 233 g/mol. The molecule has 3 nitrogen and oxygen atoms in total. The smallest absolute Gasteiger partial charge is 0.258 e. The molecule has 1 atom stereocenters. The third-order valence-corrected chi connectivity index (χ3v) is 2.38. The molecule has 0 saturated carbocycles. The Hall–Kier alpha value is -1.77. The van der Waals surface area contributed by atoms with Gasteiger partial charge in [0.1, 0.15) is 5.75 Å². The quantitative estimate of drug-likeness (QED) is 0.821. The van der Waals surface area contributed by atoms with E-state index in [0.29, 0.717) is 5.75 Å². The molecular weight excluding hydrogens is 214 g/mol. The number of rotatable bonds is 6. The second-order valence-electron chi connectivity index (χ2n) is 3.89. The SMILES string of the molecule is CCC/C=C/c1ccccc1O[C@@H](C)C(N)=O. The average Bonchev–Trinajstić information content (AvgIpc) is 2.31. The molecule has 0 aliphatic rings. The Bertz CT molecular complexity index is 399. The lowest BCUT2D eigenvalue weighted by Gasteiger charge is -2.13. The largest absolute Gasteiger partial charge is 0.480 e. The van der Waals surface area contributed by atoms with Gasteiger partial charge in [-0.25, -0.2) is 0 Å². The fourth-order valence-electron chi connectivity index (χ4n) is 1.35. The van der Waals surface area contributed by atoms with Crippen LogP contribution in [0.4, 0.5) is 0 Å². The summed E-state index contributed by atoms with van der Waals surface area (Å²) in [6.45, 7) is 3.77. The minimum atomic E-state index is -0.615. The van der Waals surface area contributed by atoms with E-state index < -0.39 is 12.0 Å². The molecule has 3 heteroatoms. The van der Waals surface area contributed by atoms with Crippen molar-refractivity contribution in [1.82, 2.24) is 0 Å². The highest BCUT2D eigenvalue weighted by molar-refractivity contribution is 5.78. The number of para-hydroxylation sites is 1. The van der Waals surface area contributed by atoms with Crippen LogP contribution in [0, 0.1) is 0 Å². The van der Waals surface area contributed by atoms with Crippen molar-refractivity contribution in [2.75, 3.05) is 0 Å². The van der Waals surface area contributed by atoms with E-state index in [2.05, 4.69) is 13.0 Å². The van der Waals surface area contributed by atoms with Crippen molar-refractivity contribution < 1.29 is 9.53 Å². The van der Waals surface area contributed by atoms with E-state index in [0.717, 1.165) is 18.4 Å². The lowest BCUT2D eigenvalue weighted by atomic mass is 10.1. The van der Waals surface area contributed by atoms with Crippen LogP contribution in [0.25, 0.3) is 6.08 Å². The van der Waals surface area contributed by atoms with Crippen molar-refractivity contribution in [3.8, 4) is 5.75 Å².